The molecule has 0 saturated carbocycles. The molecule has 166 valence electrons. The number of hydrogen-bond donors (Lipinski definition) is 2. The Morgan fingerprint density at radius 3 is 2.45 bits per heavy atom. The molecule has 0 bridgehead atoms. The average molecular weight is 460 g/mol. The molecule has 0 radical (unpaired) electrons. The summed E-state index contributed by atoms with van der Waals surface area (Å²) < 4.78 is 77.5. The summed E-state index contributed by atoms with van der Waals surface area (Å²) in [6.07, 6.45) is -2.51. The Bertz CT molecular complexity index is 1250. The van der Waals surface area contributed by atoms with Crippen molar-refractivity contribution in [3.63, 3.8) is 0 Å². The molecule has 0 amide bonds. The lowest BCUT2D eigenvalue weighted by atomic mass is 10.0. The first kappa shape index (κ1) is 21.2. The molecule has 14 heteroatoms. The SMILES string of the molecule is CS(=O)(=O)N1CCN(c2ncc3c(-c4cc(O)c(F)c(C(F)(F)F)c4)n[nH]c3n2)CC1. The van der Waals surface area contributed by atoms with E-state index in [0.29, 0.717) is 25.1 Å². The van der Waals surface area contributed by atoms with Gasteiger partial charge < -0.3 is 10.0 Å². The Kier molecular flexibility index (Phi) is 5.00. The van der Waals surface area contributed by atoms with Gasteiger partial charge in [-0.05, 0) is 12.1 Å². The number of nitrogens with zero attached hydrogens (tertiary/aromatic N) is 5. The lowest BCUT2D eigenvalue weighted by Crippen LogP contribution is -2.48. The molecule has 9 nitrogen and oxygen atoms in total. The summed E-state index contributed by atoms with van der Waals surface area (Å²) in [6, 6.07) is 1.40. The highest BCUT2D eigenvalue weighted by Gasteiger charge is 2.36. The van der Waals surface area contributed by atoms with Gasteiger partial charge in [-0.3, -0.25) is 5.10 Å². The van der Waals surface area contributed by atoms with Crippen LogP contribution < -0.4 is 4.90 Å². The fourth-order valence-corrected chi connectivity index (χ4v) is 4.17. The molecule has 1 aromatic carbocycles. The van der Waals surface area contributed by atoms with Gasteiger partial charge >= 0.3 is 6.18 Å². The van der Waals surface area contributed by atoms with Gasteiger partial charge in [0.25, 0.3) is 0 Å². The minimum Gasteiger partial charge on any atom is -0.505 e. The number of anilines is 1. The van der Waals surface area contributed by atoms with E-state index in [1.54, 1.807) is 4.90 Å². The zero-order valence-electron chi connectivity index (χ0n) is 16.0. The molecule has 0 aliphatic carbocycles. The predicted molar refractivity (Wildman–Crippen MR) is 102 cm³/mol. The van der Waals surface area contributed by atoms with Crippen LogP contribution in [-0.2, 0) is 16.2 Å². The Morgan fingerprint density at radius 1 is 1.16 bits per heavy atom. The van der Waals surface area contributed by atoms with Crippen LogP contribution in [0.5, 0.6) is 5.75 Å². The maximum absolute atomic E-state index is 13.7. The third kappa shape index (κ3) is 3.99. The smallest absolute Gasteiger partial charge is 0.419 e. The monoisotopic (exact) mass is 460 g/mol. The number of hydrogen-bond acceptors (Lipinski definition) is 7. The molecule has 3 heterocycles. The van der Waals surface area contributed by atoms with Gasteiger partial charge in [-0.25, -0.2) is 17.8 Å². The second-order valence-corrected chi connectivity index (χ2v) is 8.99. The van der Waals surface area contributed by atoms with E-state index in [2.05, 4.69) is 20.2 Å². The van der Waals surface area contributed by atoms with E-state index < -0.39 is 33.3 Å². The molecule has 2 aromatic heterocycles. The van der Waals surface area contributed by atoms with E-state index in [0.717, 1.165) is 12.3 Å². The minimum absolute atomic E-state index is 0.0178. The number of aromatic amines is 1. The first-order valence-corrected chi connectivity index (χ1v) is 10.8. The molecular formula is C17H16F4N6O3S. The van der Waals surface area contributed by atoms with E-state index in [4.69, 9.17) is 0 Å². The zero-order chi connectivity index (χ0) is 22.6. The number of phenols is 1. The van der Waals surface area contributed by atoms with Crippen LogP contribution in [0, 0.1) is 5.82 Å². The van der Waals surface area contributed by atoms with Gasteiger partial charge in [0.1, 0.15) is 5.69 Å². The Balaban J connectivity index is 1.66. The number of H-pyrrole nitrogens is 1. The van der Waals surface area contributed by atoms with E-state index in [-0.39, 0.29) is 35.4 Å². The summed E-state index contributed by atoms with van der Waals surface area (Å²) in [5.74, 6) is -2.61. The first-order valence-electron chi connectivity index (χ1n) is 8.96. The molecule has 1 aliphatic heterocycles. The number of nitrogens with one attached hydrogen (secondary N) is 1. The van der Waals surface area contributed by atoms with Crippen molar-refractivity contribution in [2.75, 3.05) is 37.3 Å². The lowest BCUT2D eigenvalue weighted by molar-refractivity contribution is -0.140. The highest BCUT2D eigenvalue weighted by Crippen LogP contribution is 2.39. The van der Waals surface area contributed by atoms with Crippen molar-refractivity contribution in [1.29, 1.82) is 0 Å². The van der Waals surface area contributed by atoms with Crippen molar-refractivity contribution in [2.24, 2.45) is 0 Å². The topological polar surface area (TPSA) is 115 Å². The largest absolute Gasteiger partial charge is 0.505 e. The summed E-state index contributed by atoms with van der Waals surface area (Å²) in [6.45, 7) is 1.26. The number of alkyl halides is 3. The molecule has 4 rings (SSSR count). The quantitative estimate of drug-likeness (QED) is 0.574. The maximum Gasteiger partial charge on any atom is 0.419 e. The fraction of sp³-hybridized carbons (Fsp3) is 0.353. The second kappa shape index (κ2) is 7.30. The third-order valence-electron chi connectivity index (χ3n) is 4.93. The highest BCUT2D eigenvalue weighted by atomic mass is 32.2. The molecule has 0 atom stereocenters. The normalized spacial score (nSPS) is 16.2. The van der Waals surface area contributed by atoms with Gasteiger partial charge in [-0.15, -0.1) is 0 Å². The predicted octanol–water partition coefficient (Wildman–Crippen LogP) is 1.96. The Hall–Kier alpha value is -3.00. The van der Waals surface area contributed by atoms with Crippen LogP contribution in [-0.4, -0.2) is 70.4 Å². The van der Waals surface area contributed by atoms with Crippen molar-refractivity contribution < 1.29 is 31.1 Å². The van der Waals surface area contributed by atoms with E-state index in [9.17, 15) is 31.1 Å². The van der Waals surface area contributed by atoms with E-state index in [1.165, 1.54) is 10.5 Å². The number of piperazine rings is 1. The van der Waals surface area contributed by atoms with Crippen molar-refractivity contribution in [1.82, 2.24) is 24.5 Å². The van der Waals surface area contributed by atoms with Gasteiger partial charge in [0.2, 0.25) is 16.0 Å². The Morgan fingerprint density at radius 2 is 1.84 bits per heavy atom. The molecule has 1 fully saturated rings. The number of rotatable bonds is 3. The molecule has 3 aromatic rings. The van der Waals surface area contributed by atoms with Crippen molar-refractivity contribution in [2.45, 2.75) is 6.18 Å². The molecule has 0 spiro atoms. The molecule has 0 unspecified atom stereocenters. The average Bonchev–Trinajstić information content (AvgIpc) is 3.11. The van der Waals surface area contributed by atoms with Crippen LogP contribution in [0.1, 0.15) is 5.56 Å². The maximum atomic E-state index is 13.7. The van der Waals surface area contributed by atoms with Crippen molar-refractivity contribution >= 4 is 27.0 Å². The van der Waals surface area contributed by atoms with Crippen LogP contribution >= 0.6 is 0 Å². The van der Waals surface area contributed by atoms with Gasteiger partial charge in [-0.2, -0.15) is 27.6 Å². The Labute approximate surface area is 173 Å². The highest BCUT2D eigenvalue weighted by molar-refractivity contribution is 7.88. The summed E-state index contributed by atoms with van der Waals surface area (Å²) >= 11 is 0. The van der Waals surface area contributed by atoms with Crippen LogP contribution in [0.2, 0.25) is 0 Å². The first-order chi connectivity index (χ1) is 14.4. The van der Waals surface area contributed by atoms with Crippen LogP contribution in [0.15, 0.2) is 18.3 Å². The summed E-state index contributed by atoms with van der Waals surface area (Å²) in [4.78, 5) is 10.3. The number of sulfonamides is 1. The lowest BCUT2D eigenvalue weighted by Gasteiger charge is -2.33. The van der Waals surface area contributed by atoms with E-state index >= 15 is 0 Å². The standard InChI is InChI=1S/C17H16F4N6O3S/c1-31(29,30)27-4-2-26(3-5-27)16-22-8-10-14(24-25-15(10)23-16)9-6-11(17(19,20)21)13(18)12(28)7-9/h6-8,28H,2-5H2,1H3,(H,22,23,24,25). The van der Waals surface area contributed by atoms with Gasteiger partial charge in [-0.1, -0.05) is 0 Å². The third-order valence-corrected chi connectivity index (χ3v) is 6.23. The summed E-state index contributed by atoms with van der Waals surface area (Å²) in [7, 11) is -3.29. The number of fused-ring (bicyclic) bond motifs is 1. The fourth-order valence-electron chi connectivity index (χ4n) is 3.34. The zero-order valence-corrected chi connectivity index (χ0v) is 16.8. The molecule has 1 saturated heterocycles. The molecule has 2 N–H and O–H groups in total. The van der Waals surface area contributed by atoms with Crippen LogP contribution in [0.3, 0.4) is 0 Å². The van der Waals surface area contributed by atoms with Gasteiger partial charge in [0, 0.05) is 37.9 Å². The van der Waals surface area contributed by atoms with Crippen molar-refractivity contribution in [3.8, 4) is 17.0 Å². The minimum atomic E-state index is -5.00. The number of aromatic hydroxyl groups is 1. The van der Waals surface area contributed by atoms with Crippen LogP contribution in [0.4, 0.5) is 23.5 Å². The number of benzene rings is 1. The van der Waals surface area contributed by atoms with Gasteiger partial charge in [0.05, 0.1) is 17.2 Å². The number of aromatic nitrogens is 4. The molecule has 1 aliphatic rings. The summed E-state index contributed by atoms with van der Waals surface area (Å²) in [5, 5.41) is 16.4. The van der Waals surface area contributed by atoms with Gasteiger partial charge in [0.15, 0.2) is 17.2 Å². The molecular weight excluding hydrogens is 444 g/mol. The number of phenolic OH excluding ortho intramolecular Hbond substituents is 1. The second-order valence-electron chi connectivity index (χ2n) is 7.01. The number of halogens is 4. The van der Waals surface area contributed by atoms with Crippen molar-refractivity contribution in [3.05, 3.63) is 29.7 Å². The van der Waals surface area contributed by atoms with E-state index in [1.807, 2.05) is 0 Å². The molecule has 31 heavy (non-hydrogen) atoms. The summed E-state index contributed by atoms with van der Waals surface area (Å²) in [5.41, 5.74) is -1.53. The van der Waals surface area contributed by atoms with Crippen LogP contribution in [0.25, 0.3) is 22.3 Å².